The van der Waals surface area contributed by atoms with Crippen LogP contribution >= 0.6 is 23.1 Å². The molecule has 10 heteroatoms. The molecule has 3 aromatic rings. The summed E-state index contributed by atoms with van der Waals surface area (Å²) in [4.78, 5) is 12.0. The standard InChI is InChI=1S/C15H16N6O2S2/c1-9-17-19-14(25-9)16-12(22)8-24-15-20-18-13(21(15)2)10-4-6-11(23-3)7-5-10/h4-7H,8H2,1-3H3,(H,16,19,22). The summed E-state index contributed by atoms with van der Waals surface area (Å²) in [6.07, 6.45) is 0. The molecule has 8 nitrogen and oxygen atoms in total. The van der Waals surface area contributed by atoms with Crippen LogP contribution in [0.4, 0.5) is 5.13 Å². The second-order valence-electron chi connectivity index (χ2n) is 5.06. The van der Waals surface area contributed by atoms with Gasteiger partial charge in [-0.05, 0) is 31.2 Å². The molecular formula is C15H16N6O2S2. The Morgan fingerprint density at radius 3 is 2.64 bits per heavy atom. The summed E-state index contributed by atoms with van der Waals surface area (Å²) in [5, 5.41) is 20.8. The van der Waals surface area contributed by atoms with Crippen molar-refractivity contribution >= 4 is 34.1 Å². The van der Waals surface area contributed by atoms with Gasteiger partial charge in [-0.2, -0.15) is 0 Å². The van der Waals surface area contributed by atoms with Gasteiger partial charge in [-0.1, -0.05) is 23.1 Å². The number of amides is 1. The van der Waals surface area contributed by atoms with Gasteiger partial charge in [0.1, 0.15) is 10.8 Å². The minimum atomic E-state index is -0.157. The van der Waals surface area contributed by atoms with E-state index >= 15 is 0 Å². The smallest absolute Gasteiger partial charge is 0.236 e. The lowest BCUT2D eigenvalue weighted by molar-refractivity contribution is -0.113. The molecule has 130 valence electrons. The molecule has 0 radical (unpaired) electrons. The maximum Gasteiger partial charge on any atom is 0.236 e. The quantitative estimate of drug-likeness (QED) is 0.660. The fourth-order valence-corrected chi connectivity index (χ4v) is 3.38. The first-order valence-corrected chi connectivity index (χ1v) is 9.13. The topological polar surface area (TPSA) is 94.8 Å². The Bertz CT molecular complexity index is 875. The Morgan fingerprint density at radius 2 is 2.00 bits per heavy atom. The van der Waals surface area contributed by atoms with Crippen molar-refractivity contribution in [2.24, 2.45) is 7.05 Å². The number of aryl methyl sites for hydroxylation is 1. The van der Waals surface area contributed by atoms with Gasteiger partial charge in [0.05, 0.1) is 12.9 Å². The van der Waals surface area contributed by atoms with Gasteiger partial charge >= 0.3 is 0 Å². The van der Waals surface area contributed by atoms with Crippen molar-refractivity contribution in [2.75, 3.05) is 18.2 Å². The number of carbonyl (C=O) groups excluding carboxylic acids is 1. The van der Waals surface area contributed by atoms with Gasteiger partial charge in [0, 0.05) is 12.6 Å². The van der Waals surface area contributed by atoms with E-state index < -0.39 is 0 Å². The number of nitrogens with zero attached hydrogens (tertiary/aromatic N) is 5. The monoisotopic (exact) mass is 376 g/mol. The van der Waals surface area contributed by atoms with E-state index in [1.54, 1.807) is 7.11 Å². The largest absolute Gasteiger partial charge is 0.497 e. The summed E-state index contributed by atoms with van der Waals surface area (Å²) in [5.41, 5.74) is 0.927. The van der Waals surface area contributed by atoms with Gasteiger partial charge < -0.3 is 9.30 Å². The van der Waals surface area contributed by atoms with Crippen LogP contribution in [0.2, 0.25) is 0 Å². The number of carbonyl (C=O) groups is 1. The summed E-state index contributed by atoms with van der Waals surface area (Å²) in [5.74, 6) is 1.57. The maximum atomic E-state index is 12.0. The third kappa shape index (κ3) is 4.15. The molecule has 3 rings (SSSR count). The van der Waals surface area contributed by atoms with E-state index in [0.717, 1.165) is 22.1 Å². The Balaban J connectivity index is 1.63. The molecule has 25 heavy (non-hydrogen) atoms. The summed E-state index contributed by atoms with van der Waals surface area (Å²) in [6.45, 7) is 1.84. The first-order chi connectivity index (χ1) is 12.1. The average Bonchev–Trinajstić information content (AvgIpc) is 3.19. The molecule has 0 aliphatic heterocycles. The second kappa shape index (κ2) is 7.62. The molecule has 0 aliphatic carbocycles. The molecule has 1 amide bonds. The first kappa shape index (κ1) is 17.4. The van der Waals surface area contributed by atoms with E-state index in [9.17, 15) is 4.79 Å². The van der Waals surface area contributed by atoms with Crippen LogP contribution in [0, 0.1) is 6.92 Å². The van der Waals surface area contributed by atoms with Crippen LogP contribution in [-0.4, -0.2) is 43.7 Å². The van der Waals surface area contributed by atoms with E-state index in [1.165, 1.54) is 23.1 Å². The molecule has 0 saturated heterocycles. The van der Waals surface area contributed by atoms with Crippen molar-refractivity contribution in [3.8, 4) is 17.1 Å². The molecule has 0 bridgehead atoms. The summed E-state index contributed by atoms with van der Waals surface area (Å²) in [6, 6.07) is 7.58. The zero-order chi connectivity index (χ0) is 17.8. The highest BCUT2D eigenvalue weighted by molar-refractivity contribution is 7.99. The Labute approximate surface area is 152 Å². The number of benzene rings is 1. The number of thioether (sulfide) groups is 1. The number of aromatic nitrogens is 5. The molecule has 0 atom stereocenters. The molecule has 0 aliphatic rings. The average molecular weight is 376 g/mol. The van der Waals surface area contributed by atoms with Crippen molar-refractivity contribution in [3.63, 3.8) is 0 Å². The maximum absolute atomic E-state index is 12.0. The molecule has 2 heterocycles. The van der Waals surface area contributed by atoms with Crippen LogP contribution in [0.1, 0.15) is 5.01 Å². The van der Waals surface area contributed by atoms with Gasteiger partial charge in [0.15, 0.2) is 11.0 Å². The third-order valence-corrected chi connectivity index (χ3v) is 5.06. The van der Waals surface area contributed by atoms with Gasteiger partial charge in [0.25, 0.3) is 0 Å². The normalized spacial score (nSPS) is 10.7. The molecule has 2 aromatic heterocycles. The minimum Gasteiger partial charge on any atom is -0.497 e. The van der Waals surface area contributed by atoms with Gasteiger partial charge in [-0.15, -0.1) is 20.4 Å². The van der Waals surface area contributed by atoms with Crippen LogP contribution in [0.5, 0.6) is 5.75 Å². The highest BCUT2D eigenvalue weighted by Gasteiger charge is 2.14. The summed E-state index contributed by atoms with van der Waals surface area (Å²) < 4.78 is 7.01. The van der Waals surface area contributed by atoms with E-state index in [0.29, 0.717) is 10.3 Å². The number of rotatable bonds is 6. The van der Waals surface area contributed by atoms with E-state index in [2.05, 4.69) is 25.7 Å². The van der Waals surface area contributed by atoms with Crippen LogP contribution in [-0.2, 0) is 11.8 Å². The second-order valence-corrected chi connectivity index (χ2v) is 7.18. The summed E-state index contributed by atoms with van der Waals surface area (Å²) in [7, 11) is 3.49. The van der Waals surface area contributed by atoms with E-state index in [4.69, 9.17) is 4.74 Å². The van der Waals surface area contributed by atoms with Crippen molar-refractivity contribution < 1.29 is 9.53 Å². The van der Waals surface area contributed by atoms with Crippen molar-refractivity contribution in [2.45, 2.75) is 12.1 Å². The predicted molar refractivity (Wildman–Crippen MR) is 97.0 cm³/mol. The van der Waals surface area contributed by atoms with E-state index in [-0.39, 0.29) is 11.7 Å². The molecule has 0 fully saturated rings. The Morgan fingerprint density at radius 1 is 1.24 bits per heavy atom. The molecule has 1 aromatic carbocycles. The number of hydrogen-bond acceptors (Lipinski definition) is 8. The van der Waals surface area contributed by atoms with E-state index in [1.807, 2.05) is 42.8 Å². The van der Waals surface area contributed by atoms with Gasteiger partial charge in [-0.3, -0.25) is 10.1 Å². The number of methoxy groups -OCH3 is 1. The van der Waals surface area contributed by atoms with Crippen LogP contribution < -0.4 is 10.1 Å². The molecule has 0 spiro atoms. The fourth-order valence-electron chi connectivity index (χ4n) is 2.06. The highest BCUT2D eigenvalue weighted by atomic mass is 32.2. The number of hydrogen-bond donors (Lipinski definition) is 1. The molecule has 0 saturated carbocycles. The molecule has 1 N–H and O–H groups in total. The lowest BCUT2D eigenvalue weighted by Crippen LogP contribution is -2.14. The van der Waals surface area contributed by atoms with Crippen molar-refractivity contribution in [1.82, 2.24) is 25.0 Å². The zero-order valence-electron chi connectivity index (χ0n) is 13.9. The van der Waals surface area contributed by atoms with Gasteiger partial charge in [-0.25, -0.2) is 0 Å². The summed E-state index contributed by atoms with van der Waals surface area (Å²) >= 11 is 2.65. The van der Waals surface area contributed by atoms with Crippen LogP contribution in [0.15, 0.2) is 29.4 Å². The lowest BCUT2D eigenvalue weighted by atomic mass is 10.2. The van der Waals surface area contributed by atoms with Crippen molar-refractivity contribution in [1.29, 1.82) is 0 Å². The van der Waals surface area contributed by atoms with Gasteiger partial charge in [0.2, 0.25) is 11.0 Å². The fraction of sp³-hybridized carbons (Fsp3) is 0.267. The third-order valence-electron chi connectivity index (χ3n) is 3.29. The first-order valence-electron chi connectivity index (χ1n) is 7.33. The number of nitrogens with one attached hydrogen (secondary N) is 1. The highest BCUT2D eigenvalue weighted by Crippen LogP contribution is 2.24. The lowest BCUT2D eigenvalue weighted by Gasteiger charge is -2.05. The van der Waals surface area contributed by atoms with Crippen molar-refractivity contribution in [3.05, 3.63) is 29.3 Å². The SMILES string of the molecule is COc1ccc(-c2nnc(SCC(=O)Nc3nnc(C)s3)n2C)cc1. The zero-order valence-corrected chi connectivity index (χ0v) is 15.5. The predicted octanol–water partition coefficient (Wildman–Crippen LogP) is 2.38. The molecular weight excluding hydrogens is 360 g/mol. The number of anilines is 1. The Kier molecular flexibility index (Phi) is 5.29. The number of ether oxygens (including phenoxy) is 1. The van der Waals surface area contributed by atoms with Crippen LogP contribution in [0.25, 0.3) is 11.4 Å². The van der Waals surface area contributed by atoms with Crippen LogP contribution in [0.3, 0.4) is 0 Å². The minimum absolute atomic E-state index is 0.157. The molecule has 0 unspecified atom stereocenters. The Hall–Kier alpha value is -2.46.